The maximum Gasteiger partial charge on any atom is 0.0734 e. The Bertz CT molecular complexity index is 514. The molecule has 2 aromatic rings. The first-order valence-corrected chi connectivity index (χ1v) is 7.37. The molecule has 1 heterocycles. The van der Waals surface area contributed by atoms with Crippen LogP contribution in [0.2, 0.25) is 0 Å². The van der Waals surface area contributed by atoms with Crippen molar-refractivity contribution in [3.63, 3.8) is 0 Å². The molecular weight excluding hydrogens is 230 g/mol. The van der Waals surface area contributed by atoms with Gasteiger partial charge < -0.3 is 0 Å². The highest BCUT2D eigenvalue weighted by atomic mass is 14.7. The van der Waals surface area contributed by atoms with E-state index >= 15 is 0 Å². The summed E-state index contributed by atoms with van der Waals surface area (Å²) in [7, 11) is 0. The molecule has 1 aromatic carbocycles. The molecular formula is C18H27N. The average Bonchev–Trinajstić information content (AvgIpc) is 2.39. The van der Waals surface area contributed by atoms with E-state index in [0.717, 1.165) is 5.52 Å². The zero-order valence-electron chi connectivity index (χ0n) is 13.2. The summed E-state index contributed by atoms with van der Waals surface area (Å²) in [5, 5.41) is 1.24. The number of rotatable bonds is 2. The van der Waals surface area contributed by atoms with Crippen molar-refractivity contribution in [1.82, 2.24) is 4.98 Å². The number of fused-ring (bicyclic) bond motifs is 1. The van der Waals surface area contributed by atoms with Gasteiger partial charge in [0.2, 0.25) is 0 Å². The van der Waals surface area contributed by atoms with Crippen molar-refractivity contribution in [3.05, 3.63) is 41.6 Å². The van der Waals surface area contributed by atoms with Crippen LogP contribution >= 0.6 is 0 Å². The lowest BCUT2D eigenvalue weighted by molar-refractivity contribution is 0.525. The molecule has 0 saturated carbocycles. The fourth-order valence-electron chi connectivity index (χ4n) is 1.91. The van der Waals surface area contributed by atoms with Gasteiger partial charge >= 0.3 is 0 Å². The third-order valence-electron chi connectivity index (χ3n) is 3.41. The van der Waals surface area contributed by atoms with E-state index in [1.54, 1.807) is 0 Å². The van der Waals surface area contributed by atoms with Crippen LogP contribution in [0.5, 0.6) is 0 Å². The van der Waals surface area contributed by atoms with E-state index in [1.807, 2.05) is 0 Å². The molecule has 1 heteroatoms. The van der Waals surface area contributed by atoms with Crippen molar-refractivity contribution in [3.8, 4) is 0 Å². The summed E-state index contributed by atoms with van der Waals surface area (Å²) in [6.45, 7) is 13.1. The Morgan fingerprint density at radius 1 is 1.00 bits per heavy atom. The van der Waals surface area contributed by atoms with Crippen LogP contribution in [-0.2, 0) is 0 Å². The first kappa shape index (κ1) is 15.7. The average molecular weight is 257 g/mol. The van der Waals surface area contributed by atoms with Gasteiger partial charge in [0.05, 0.1) is 5.52 Å². The molecule has 0 aliphatic carbocycles. The van der Waals surface area contributed by atoms with Crippen LogP contribution in [0.1, 0.15) is 58.2 Å². The minimum atomic E-state index is 0.518. The van der Waals surface area contributed by atoms with Crippen LogP contribution in [0.15, 0.2) is 30.3 Å². The van der Waals surface area contributed by atoms with Crippen molar-refractivity contribution in [2.45, 2.75) is 53.9 Å². The molecule has 0 saturated heterocycles. The Morgan fingerprint density at radius 3 is 2.21 bits per heavy atom. The fraction of sp³-hybridized carbons (Fsp3) is 0.500. The lowest BCUT2D eigenvalue weighted by Gasteiger charge is -2.15. The highest BCUT2D eigenvalue weighted by molar-refractivity contribution is 5.81. The molecule has 0 N–H and O–H groups in total. The number of nitrogens with zero attached hydrogens (tertiary/aromatic N) is 1. The Kier molecular flexibility index (Phi) is 6.01. The summed E-state index contributed by atoms with van der Waals surface area (Å²) in [5.74, 6) is 1.15. The van der Waals surface area contributed by atoms with E-state index in [0.29, 0.717) is 11.8 Å². The summed E-state index contributed by atoms with van der Waals surface area (Å²) in [6.07, 6.45) is 1.25. The van der Waals surface area contributed by atoms with Crippen LogP contribution < -0.4 is 0 Å². The second-order valence-electron chi connectivity index (χ2n) is 5.62. The van der Waals surface area contributed by atoms with Gasteiger partial charge in [0.1, 0.15) is 0 Å². The Balaban J connectivity index is 0.000000550. The molecule has 1 nitrogen and oxygen atoms in total. The Morgan fingerprint density at radius 2 is 1.63 bits per heavy atom. The third-order valence-corrected chi connectivity index (χ3v) is 3.41. The van der Waals surface area contributed by atoms with Crippen LogP contribution in [-0.4, -0.2) is 4.98 Å². The van der Waals surface area contributed by atoms with Crippen LogP contribution in [0, 0.1) is 12.8 Å². The normalized spacial score (nSPS) is 12.2. The summed E-state index contributed by atoms with van der Waals surface area (Å²) < 4.78 is 0. The number of hydrogen-bond acceptors (Lipinski definition) is 1. The van der Waals surface area contributed by atoms with E-state index in [4.69, 9.17) is 4.98 Å². The molecule has 1 unspecified atom stereocenters. The molecule has 1 atom stereocenters. The van der Waals surface area contributed by atoms with Gasteiger partial charge in [-0.15, -0.1) is 0 Å². The van der Waals surface area contributed by atoms with Gasteiger partial charge in [-0.1, -0.05) is 65.3 Å². The monoisotopic (exact) mass is 257 g/mol. The van der Waals surface area contributed by atoms with E-state index in [1.165, 1.54) is 23.1 Å². The van der Waals surface area contributed by atoms with Gasteiger partial charge in [-0.05, 0) is 24.5 Å². The van der Waals surface area contributed by atoms with Crippen LogP contribution in [0.25, 0.3) is 10.9 Å². The van der Waals surface area contributed by atoms with E-state index < -0.39 is 0 Å². The zero-order valence-corrected chi connectivity index (χ0v) is 13.2. The highest BCUT2D eigenvalue weighted by Crippen LogP contribution is 2.25. The zero-order chi connectivity index (χ0) is 14.4. The van der Waals surface area contributed by atoms with Gasteiger partial charge in [-0.3, -0.25) is 4.98 Å². The second kappa shape index (κ2) is 7.28. The first-order chi connectivity index (χ1) is 9.01. The van der Waals surface area contributed by atoms with E-state index in [2.05, 4.69) is 71.9 Å². The predicted octanol–water partition coefficient (Wildman–Crippen LogP) is 5.72. The molecule has 1 aromatic heterocycles. The SMILES string of the molecule is CCC.Cc1cccc2ccc(C(C)C(C)C)nc12. The maximum absolute atomic E-state index is 4.80. The second-order valence-corrected chi connectivity index (χ2v) is 5.62. The standard InChI is InChI=1S/C15H19N.C3H8/c1-10(2)12(4)14-9-8-13-7-5-6-11(3)15(13)16-14;1-3-2/h5-10,12H,1-4H3;3H2,1-2H3. The molecule has 0 aliphatic rings. The molecule has 0 bridgehead atoms. The van der Waals surface area contributed by atoms with Gasteiger partial charge in [0.25, 0.3) is 0 Å². The number of benzene rings is 1. The number of para-hydroxylation sites is 1. The van der Waals surface area contributed by atoms with Gasteiger partial charge in [-0.25, -0.2) is 0 Å². The van der Waals surface area contributed by atoms with E-state index in [9.17, 15) is 0 Å². The quantitative estimate of drug-likeness (QED) is 0.670. The Labute approximate surface area is 118 Å². The first-order valence-electron chi connectivity index (χ1n) is 7.37. The van der Waals surface area contributed by atoms with Crippen LogP contribution in [0.4, 0.5) is 0 Å². The van der Waals surface area contributed by atoms with Crippen molar-refractivity contribution in [2.24, 2.45) is 5.92 Å². The lowest BCUT2D eigenvalue weighted by Crippen LogP contribution is -2.04. The molecule has 104 valence electrons. The topological polar surface area (TPSA) is 12.9 Å². The molecule has 0 fully saturated rings. The van der Waals surface area contributed by atoms with Crippen molar-refractivity contribution in [2.75, 3.05) is 0 Å². The number of aryl methyl sites for hydroxylation is 1. The van der Waals surface area contributed by atoms with Gasteiger partial charge in [-0.2, -0.15) is 0 Å². The molecule has 0 spiro atoms. The largest absolute Gasteiger partial charge is 0.252 e. The summed E-state index contributed by atoms with van der Waals surface area (Å²) in [4.78, 5) is 4.80. The predicted molar refractivity (Wildman–Crippen MR) is 85.7 cm³/mol. The number of hydrogen-bond donors (Lipinski definition) is 0. The number of pyridine rings is 1. The van der Waals surface area contributed by atoms with Crippen molar-refractivity contribution in [1.29, 1.82) is 0 Å². The molecule has 19 heavy (non-hydrogen) atoms. The van der Waals surface area contributed by atoms with Gasteiger partial charge in [0, 0.05) is 17.0 Å². The highest BCUT2D eigenvalue weighted by Gasteiger charge is 2.12. The van der Waals surface area contributed by atoms with Crippen molar-refractivity contribution >= 4 is 10.9 Å². The number of aromatic nitrogens is 1. The summed E-state index contributed by atoms with van der Waals surface area (Å²) in [6, 6.07) is 10.7. The summed E-state index contributed by atoms with van der Waals surface area (Å²) in [5.41, 5.74) is 3.61. The van der Waals surface area contributed by atoms with Gasteiger partial charge in [0.15, 0.2) is 0 Å². The molecule has 0 aliphatic heterocycles. The van der Waals surface area contributed by atoms with Crippen LogP contribution in [0.3, 0.4) is 0 Å². The Hall–Kier alpha value is -1.37. The molecule has 0 amide bonds. The van der Waals surface area contributed by atoms with E-state index in [-0.39, 0.29) is 0 Å². The summed E-state index contributed by atoms with van der Waals surface area (Å²) >= 11 is 0. The minimum absolute atomic E-state index is 0.518. The lowest BCUT2D eigenvalue weighted by atomic mass is 9.93. The minimum Gasteiger partial charge on any atom is -0.252 e. The van der Waals surface area contributed by atoms with Crippen molar-refractivity contribution < 1.29 is 0 Å². The molecule has 2 rings (SSSR count). The fourth-order valence-corrected chi connectivity index (χ4v) is 1.91. The maximum atomic E-state index is 4.80. The third kappa shape index (κ3) is 4.05. The molecule has 0 radical (unpaired) electrons. The smallest absolute Gasteiger partial charge is 0.0734 e.